The smallest absolute Gasteiger partial charge is 0.322 e. The zero-order valence-electron chi connectivity index (χ0n) is 11.1. The van der Waals surface area contributed by atoms with E-state index in [-0.39, 0.29) is 19.6 Å². The van der Waals surface area contributed by atoms with Crippen molar-refractivity contribution < 1.29 is 28.6 Å². The Labute approximate surface area is 120 Å². The lowest BCUT2D eigenvalue weighted by Crippen LogP contribution is -2.39. The second-order valence-electron chi connectivity index (χ2n) is 4.00. The standard InChI is InChI=1S/C13H15FN2O5/c14-9-2-1-3-10(6-9)21-5-4-11(17)15-7-12(18)16-8-13(19)20/h1-3,6H,4-5,7-8H2,(H,15,17)(H,16,18)(H,19,20). The third-order valence-corrected chi connectivity index (χ3v) is 2.28. The number of nitrogens with one attached hydrogen (secondary N) is 2. The minimum Gasteiger partial charge on any atom is -0.493 e. The van der Waals surface area contributed by atoms with Crippen LogP contribution >= 0.6 is 0 Å². The van der Waals surface area contributed by atoms with Gasteiger partial charge in [0, 0.05) is 6.07 Å². The number of aliphatic carboxylic acids is 1. The zero-order valence-corrected chi connectivity index (χ0v) is 11.1. The van der Waals surface area contributed by atoms with Crippen LogP contribution in [-0.2, 0) is 14.4 Å². The minimum atomic E-state index is -1.17. The first-order valence-corrected chi connectivity index (χ1v) is 6.11. The van der Waals surface area contributed by atoms with E-state index in [1.807, 2.05) is 0 Å². The summed E-state index contributed by atoms with van der Waals surface area (Å²) in [6, 6.07) is 5.50. The number of carbonyl (C=O) groups excluding carboxylic acids is 2. The van der Waals surface area contributed by atoms with E-state index in [2.05, 4.69) is 10.6 Å². The molecule has 0 aliphatic carbocycles. The van der Waals surface area contributed by atoms with E-state index in [0.29, 0.717) is 5.75 Å². The van der Waals surface area contributed by atoms with Crippen molar-refractivity contribution in [1.29, 1.82) is 0 Å². The Kier molecular flexibility index (Phi) is 6.66. The molecule has 0 fully saturated rings. The van der Waals surface area contributed by atoms with Gasteiger partial charge in [0.2, 0.25) is 11.8 Å². The van der Waals surface area contributed by atoms with Gasteiger partial charge < -0.3 is 20.5 Å². The average molecular weight is 298 g/mol. The predicted octanol–water partition coefficient (Wildman–Crippen LogP) is -0.0884. The molecule has 0 heterocycles. The van der Waals surface area contributed by atoms with Crippen molar-refractivity contribution >= 4 is 17.8 Å². The zero-order chi connectivity index (χ0) is 15.7. The lowest BCUT2D eigenvalue weighted by molar-refractivity contribution is -0.137. The van der Waals surface area contributed by atoms with Crippen molar-refractivity contribution in [2.24, 2.45) is 0 Å². The third-order valence-electron chi connectivity index (χ3n) is 2.28. The van der Waals surface area contributed by atoms with Gasteiger partial charge in [0.1, 0.15) is 18.1 Å². The van der Waals surface area contributed by atoms with Crippen LogP contribution in [0.15, 0.2) is 24.3 Å². The fraction of sp³-hybridized carbons (Fsp3) is 0.308. The topological polar surface area (TPSA) is 105 Å². The van der Waals surface area contributed by atoms with Gasteiger partial charge in [0.15, 0.2) is 0 Å². The largest absolute Gasteiger partial charge is 0.493 e. The lowest BCUT2D eigenvalue weighted by atomic mass is 10.3. The molecule has 0 aliphatic rings. The molecule has 7 nitrogen and oxygen atoms in total. The van der Waals surface area contributed by atoms with Crippen LogP contribution in [0.5, 0.6) is 5.75 Å². The van der Waals surface area contributed by atoms with Gasteiger partial charge in [-0.05, 0) is 12.1 Å². The molecule has 21 heavy (non-hydrogen) atoms. The highest BCUT2D eigenvalue weighted by atomic mass is 19.1. The summed E-state index contributed by atoms with van der Waals surface area (Å²) in [4.78, 5) is 32.7. The van der Waals surface area contributed by atoms with Crippen molar-refractivity contribution in [3.05, 3.63) is 30.1 Å². The van der Waals surface area contributed by atoms with Crippen molar-refractivity contribution in [2.45, 2.75) is 6.42 Å². The fourth-order valence-corrected chi connectivity index (χ4v) is 1.32. The maximum Gasteiger partial charge on any atom is 0.322 e. The van der Waals surface area contributed by atoms with Gasteiger partial charge in [-0.3, -0.25) is 14.4 Å². The Morgan fingerprint density at radius 3 is 2.52 bits per heavy atom. The molecule has 0 unspecified atom stereocenters. The lowest BCUT2D eigenvalue weighted by Gasteiger charge is -2.07. The molecule has 114 valence electrons. The Bertz CT molecular complexity index is 521. The number of carbonyl (C=O) groups is 3. The number of amides is 2. The molecule has 0 radical (unpaired) electrons. The van der Waals surface area contributed by atoms with Crippen molar-refractivity contribution in [3.63, 3.8) is 0 Å². The van der Waals surface area contributed by atoms with Crippen LogP contribution < -0.4 is 15.4 Å². The summed E-state index contributed by atoms with van der Waals surface area (Å²) >= 11 is 0. The predicted molar refractivity (Wildman–Crippen MR) is 70.2 cm³/mol. The van der Waals surface area contributed by atoms with Crippen molar-refractivity contribution in [2.75, 3.05) is 19.7 Å². The molecule has 0 aromatic heterocycles. The molecule has 8 heteroatoms. The number of ether oxygens (including phenoxy) is 1. The maximum atomic E-state index is 12.8. The van der Waals surface area contributed by atoms with E-state index in [1.54, 1.807) is 6.07 Å². The van der Waals surface area contributed by atoms with Crippen LogP contribution in [0.4, 0.5) is 4.39 Å². The summed E-state index contributed by atoms with van der Waals surface area (Å²) in [5.41, 5.74) is 0. The number of carboxylic acid groups (broad SMARTS) is 1. The number of carboxylic acids is 1. The van der Waals surface area contributed by atoms with Gasteiger partial charge in [-0.2, -0.15) is 0 Å². The third kappa shape index (κ3) is 7.51. The van der Waals surface area contributed by atoms with Crippen LogP contribution in [-0.4, -0.2) is 42.6 Å². The second-order valence-corrected chi connectivity index (χ2v) is 4.00. The average Bonchev–Trinajstić information content (AvgIpc) is 2.43. The first-order valence-electron chi connectivity index (χ1n) is 6.11. The minimum absolute atomic E-state index is 0.0112. The number of benzene rings is 1. The van der Waals surface area contributed by atoms with Gasteiger partial charge >= 0.3 is 5.97 Å². The van der Waals surface area contributed by atoms with E-state index in [9.17, 15) is 18.8 Å². The Balaban J connectivity index is 2.16. The van der Waals surface area contributed by atoms with Crippen LogP contribution in [0, 0.1) is 5.82 Å². The highest BCUT2D eigenvalue weighted by Crippen LogP contribution is 2.11. The van der Waals surface area contributed by atoms with Crippen LogP contribution in [0.25, 0.3) is 0 Å². The SMILES string of the molecule is O=C(O)CNC(=O)CNC(=O)CCOc1cccc(F)c1. The first kappa shape index (κ1) is 16.4. The first-order chi connectivity index (χ1) is 9.97. The molecule has 1 aromatic carbocycles. The normalized spacial score (nSPS) is 9.76. The van der Waals surface area contributed by atoms with Gasteiger partial charge in [-0.25, -0.2) is 4.39 Å². The summed E-state index contributed by atoms with van der Waals surface area (Å²) in [6.07, 6.45) is -0.0112. The number of rotatable bonds is 8. The summed E-state index contributed by atoms with van der Waals surface area (Å²) in [5, 5.41) is 12.7. The van der Waals surface area contributed by atoms with Gasteiger partial charge in [-0.1, -0.05) is 6.07 Å². The highest BCUT2D eigenvalue weighted by Gasteiger charge is 2.07. The molecular weight excluding hydrogens is 283 g/mol. The number of hydrogen-bond donors (Lipinski definition) is 3. The van der Waals surface area contributed by atoms with E-state index in [4.69, 9.17) is 9.84 Å². The highest BCUT2D eigenvalue weighted by molar-refractivity contribution is 5.86. The molecule has 0 saturated carbocycles. The quantitative estimate of drug-likeness (QED) is 0.622. The van der Waals surface area contributed by atoms with Gasteiger partial charge in [-0.15, -0.1) is 0 Å². The van der Waals surface area contributed by atoms with Gasteiger partial charge in [0.25, 0.3) is 0 Å². The maximum absolute atomic E-state index is 12.8. The summed E-state index contributed by atoms with van der Waals surface area (Å²) < 4.78 is 18.0. The van der Waals surface area contributed by atoms with Crippen LogP contribution in [0.3, 0.4) is 0 Å². The molecule has 1 aromatic rings. The van der Waals surface area contributed by atoms with E-state index >= 15 is 0 Å². The second kappa shape index (κ2) is 8.51. The van der Waals surface area contributed by atoms with Gasteiger partial charge in [0.05, 0.1) is 19.6 Å². The van der Waals surface area contributed by atoms with E-state index in [0.717, 1.165) is 0 Å². The monoisotopic (exact) mass is 298 g/mol. The van der Waals surface area contributed by atoms with Crippen LogP contribution in [0.2, 0.25) is 0 Å². The summed E-state index contributed by atoms with van der Waals surface area (Å²) in [6.45, 7) is -0.782. The summed E-state index contributed by atoms with van der Waals surface area (Å²) in [5.74, 6) is -2.33. The Hall–Kier alpha value is -2.64. The van der Waals surface area contributed by atoms with E-state index < -0.39 is 30.1 Å². The van der Waals surface area contributed by atoms with Crippen LogP contribution in [0.1, 0.15) is 6.42 Å². The molecule has 0 bridgehead atoms. The summed E-state index contributed by atoms with van der Waals surface area (Å²) in [7, 11) is 0. The molecule has 0 atom stereocenters. The molecule has 0 aliphatic heterocycles. The molecule has 3 N–H and O–H groups in total. The molecule has 1 rings (SSSR count). The number of halogens is 1. The molecule has 0 saturated heterocycles. The Morgan fingerprint density at radius 2 is 1.86 bits per heavy atom. The molecule has 2 amide bonds. The molecule has 0 spiro atoms. The van der Waals surface area contributed by atoms with Crippen molar-refractivity contribution in [3.8, 4) is 5.75 Å². The van der Waals surface area contributed by atoms with Crippen molar-refractivity contribution in [1.82, 2.24) is 10.6 Å². The Morgan fingerprint density at radius 1 is 1.14 bits per heavy atom. The molecular formula is C13H15FN2O5. The number of hydrogen-bond acceptors (Lipinski definition) is 4. The van der Waals surface area contributed by atoms with E-state index in [1.165, 1.54) is 18.2 Å². The fourth-order valence-electron chi connectivity index (χ4n) is 1.32.